The lowest BCUT2D eigenvalue weighted by atomic mass is 10.0. The summed E-state index contributed by atoms with van der Waals surface area (Å²) in [5.41, 5.74) is 0.392. The summed E-state index contributed by atoms with van der Waals surface area (Å²) in [7, 11) is 0. The maximum Gasteiger partial charge on any atom is 0.262 e. The second-order valence-corrected chi connectivity index (χ2v) is 5.77. The summed E-state index contributed by atoms with van der Waals surface area (Å²) >= 11 is 0. The Balaban J connectivity index is 2.23. The summed E-state index contributed by atoms with van der Waals surface area (Å²) in [6.07, 6.45) is 1.59. The molecular formula is C12H17N5O. The second-order valence-electron chi connectivity index (χ2n) is 5.77. The van der Waals surface area contributed by atoms with Gasteiger partial charge in [0, 0.05) is 19.0 Å². The average Bonchev–Trinajstić information content (AvgIpc) is 2.57. The second kappa shape index (κ2) is 3.65. The Kier molecular flexibility index (Phi) is 2.31. The van der Waals surface area contributed by atoms with Gasteiger partial charge in [-0.2, -0.15) is 5.10 Å². The first-order valence-electron chi connectivity index (χ1n) is 6.16. The van der Waals surface area contributed by atoms with Crippen LogP contribution in [0.3, 0.4) is 0 Å². The molecule has 0 atom stereocenters. The molecule has 0 radical (unpaired) electrons. The van der Waals surface area contributed by atoms with Crippen LogP contribution in [0.1, 0.15) is 32.5 Å². The van der Waals surface area contributed by atoms with Crippen LogP contribution in [0.5, 0.6) is 0 Å². The molecule has 2 aromatic rings. The average molecular weight is 247 g/mol. The van der Waals surface area contributed by atoms with Crippen molar-refractivity contribution in [2.45, 2.75) is 32.2 Å². The van der Waals surface area contributed by atoms with Gasteiger partial charge in [0.1, 0.15) is 11.2 Å². The summed E-state index contributed by atoms with van der Waals surface area (Å²) in [5.74, 6) is 1.07. The first-order valence-corrected chi connectivity index (χ1v) is 6.16. The fourth-order valence-electron chi connectivity index (χ4n) is 2.10. The molecule has 2 aromatic heterocycles. The third-order valence-corrected chi connectivity index (χ3v) is 3.26. The standard InChI is InChI=1S/C12H17N5O/c1-12(2,3)17-10-8(6-14-17)11(18)16-9(15-10)7-4-13-5-7/h6-7,13H,4-5H2,1-3H3,(H,15,16,18). The Bertz CT molecular complexity index is 645. The van der Waals surface area contributed by atoms with E-state index in [0.29, 0.717) is 17.0 Å². The van der Waals surface area contributed by atoms with Gasteiger partial charge in [-0.15, -0.1) is 0 Å². The minimum atomic E-state index is -0.183. The molecule has 0 saturated carbocycles. The van der Waals surface area contributed by atoms with E-state index in [-0.39, 0.29) is 11.1 Å². The lowest BCUT2D eigenvalue weighted by Crippen LogP contribution is -2.41. The summed E-state index contributed by atoms with van der Waals surface area (Å²) < 4.78 is 1.81. The highest BCUT2D eigenvalue weighted by atomic mass is 16.1. The predicted octanol–water partition coefficient (Wildman–Crippen LogP) is 0.561. The van der Waals surface area contributed by atoms with Gasteiger partial charge < -0.3 is 10.3 Å². The Morgan fingerprint density at radius 3 is 2.67 bits per heavy atom. The molecule has 0 aliphatic carbocycles. The van der Waals surface area contributed by atoms with Crippen molar-refractivity contribution in [3.05, 3.63) is 22.4 Å². The van der Waals surface area contributed by atoms with Crippen molar-refractivity contribution in [1.29, 1.82) is 0 Å². The minimum Gasteiger partial charge on any atom is -0.315 e. The van der Waals surface area contributed by atoms with Gasteiger partial charge >= 0.3 is 0 Å². The number of nitrogens with zero attached hydrogens (tertiary/aromatic N) is 3. The molecule has 0 unspecified atom stereocenters. The van der Waals surface area contributed by atoms with Crippen molar-refractivity contribution < 1.29 is 0 Å². The van der Waals surface area contributed by atoms with Crippen LogP contribution in [0, 0.1) is 0 Å². The van der Waals surface area contributed by atoms with E-state index in [4.69, 9.17) is 0 Å². The van der Waals surface area contributed by atoms with Crippen LogP contribution in [0.15, 0.2) is 11.0 Å². The van der Waals surface area contributed by atoms with Gasteiger partial charge in [-0.25, -0.2) is 9.67 Å². The fourth-order valence-corrected chi connectivity index (χ4v) is 2.10. The number of aromatic amines is 1. The lowest BCUT2D eigenvalue weighted by molar-refractivity contribution is 0.364. The van der Waals surface area contributed by atoms with E-state index in [1.54, 1.807) is 6.20 Å². The van der Waals surface area contributed by atoms with E-state index in [2.05, 4.69) is 20.4 Å². The van der Waals surface area contributed by atoms with Crippen LogP contribution >= 0.6 is 0 Å². The van der Waals surface area contributed by atoms with Crippen molar-refractivity contribution in [2.24, 2.45) is 0 Å². The molecule has 0 spiro atoms. The molecule has 3 heterocycles. The molecule has 3 rings (SSSR count). The number of hydrogen-bond acceptors (Lipinski definition) is 4. The van der Waals surface area contributed by atoms with Crippen LogP contribution in [0.25, 0.3) is 11.0 Å². The normalized spacial score (nSPS) is 17.1. The Labute approximate surface area is 104 Å². The van der Waals surface area contributed by atoms with Gasteiger partial charge in [0.2, 0.25) is 0 Å². The maximum absolute atomic E-state index is 12.0. The molecule has 1 saturated heterocycles. The number of rotatable bonds is 1. The van der Waals surface area contributed by atoms with Gasteiger partial charge in [0.15, 0.2) is 5.65 Å². The molecule has 1 fully saturated rings. The van der Waals surface area contributed by atoms with Crippen molar-refractivity contribution >= 4 is 11.0 Å². The van der Waals surface area contributed by atoms with Crippen LogP contribution in [-0.2, 0) is 5.54 Å². The third kappa shape index (κ3) is 1.64. The van der Waals surface area contributed by atoms with Crippen LogP contribution in [-0.4, -0.2) is 32.8 Å². The molecule has 1 aliphatic rings. The van der Waals surface area contributed by atoms with E-state index in [1.165, 1.54) is 0 Å². The van der Waals surface area contributed by atoms with Crippen molar-refractivity contribution in [2.75, 3.05) is 13.1 Å². The van der Waals surface area contributed by atoms with Crippen molar-refractivity contribution in [3.8, 4) is 0 Å². The van der Waals surface area contributed by atoms with Gasteiger partial charge in [-0.05, 0) is 20.8 Å². The maximum atomic E-state index is 12.0. The SMILES string of the molecule is CC(C)(C)n1ncc2c(=O)[nH]c(C3CNC3)nc21. The van der Waals surface area contributed by atoms with E-state index < -0.39 is 0 Å². The van der Waals surface area contributed by atoms with Crippen molar-refractivity contribution in [3.63, 3.8) is 0 Å². The molecule has 18 heavy (non-hydrogen) atoms. The summed E-state index contributed by atoms with van der Waals surface area (Å²) in [4.78, 5) is 19.5. The fraction of sp³-hybridized carbons (Fsp3) is 0.583. The van der Waals surface area contributed by atoms with Gasteiger partial charge in [0.05, 0.1) is 11.7 Å². The predicted molar refractivity (Wildman–Crippen MR) is 68.8 cm³/mol. The van der Waals surface area contributed by atoms with E-state index in [9.17, 15) is 4.79 Å². The Hall–Kier alpha value is -1.69. The molecule has 1 aliphatic heterocycles. The molecule has 0 bridgehead atoms. The number of aromatic nitrogens is 4. The topological polar surface area (TPSA) is 75.6 Å². The number of nitrogens with one attached hydrogen (secondary N) is 2. The van der Waals surface area contributed by atoms with Crippen molar-refractivity contribution in [1.82, 2.24) is 25.1 Å². The van der Waals surface area contributed by atoms with E-state index in [0.717, 1.165) is 18.9 Å². The monoisotopic (exact) mass is 247 g/mol. The molecule has 0 aromatic carbocycles. The summed E-state index contributed by atoms with van der Waals surface area (Å²) in [5, 5.41) is 8.03. The highest BCUT2D eigenvalue weighted by Gasteiger charge is 2.25. The number of H-pyrrole nitrogens is 1. The molecule has 2 N–H and O–H groups in total. The van der Waals surface area contributed by atoms with Gasteiger partial charge in [-0.1, -0.05) is 0 Å². The molecule has 6 heteroatoms. The highest BCUT2D eigenvalue weighted by molar-refractivity contribution is 5.73. The van der Waals surface area contributed by atoms with Gasteiger partial charge in [0.25, 0.3) is 5.56 Å². The summed E-state index contributed by atoms with van der Waals surface area (Å²) in [6, 6.07) is 0. The Morgan fingerprint density at radius 2 is 2.11 bits per heavy atom. The zero-order valence-corrected chi connectivity index (χ0v) is 10.8. The first-order chi connectivity index (χ1) is 8.47. The van der Waals surface area contributed by atoms with E-state index in [1.807, 2.05) is 25.5 Å². The minimum absolute atomic E-state index is 0.0996. The van der Waals surface area contributed by atoms with E-state index >= 15 is 0 Å². The highest BCUT2D eigenvalue weighted by Crippen LogP contribution is 2.20. The van der Waals surface area contributed by atoms with Crippen LogP contribution in [0.2, 0.25) is 0 Å². The lowest BCUT2D eigenvalue weighted by Gasteiger charge is -2.26. The Morgan fingerprint density at radius 1 is 1.39 bits per heavy atom. The first kappa shape index (κ1) is 11.4. The van der Waals surface area contributed by atoms with Gasteiger partial charge in [-0.3, -0.25) is 4.79 Å². The number of hydrogen-bond donors (Lipinski definition) is 2. The zero-order valence-electron chi connectivity index (χ0n) is 10.8. The van der Waals surface area contributed by atoms with Crippen LogP contribution < -0.4 is 10.9 Å². The van der Waals surface area contributed by atoms with Crippen LogP contribution in [0.4, 0.5) is 0 Å². The summed E-state index contributed by atoms with van der Waals surface area (Å²) in [6.45, 7) is 7.89. The number of fused-ring (bicyclic) bond motifs is 1. The largest absolute Gasteiger partial charge is 0.315 e. The third-order valence-electron chi connectivity index (χ3n) is 3.26. The zero-order chi connectivity index (χ0) is 12.9. The quantitative estimate of drug-likeness (QED) is 0.772. The molecular weight excluding hydrogens is 230 g/mol. The molecule has 6 nitrogen and oxygen atoms in total. The smallest absolute Gasteiger partial charge is 0.262 e. The molecule has 96 valence electrons. The molecule has 0 amide bonds.